The number of rotatable bonds is 2. The number of carbonyl (C=O) groups excluding carboxylic acids is 1. The Balaban J connectivity index is 2.18. The van der Waals surface area contributed by atoms with Crippen LogP contribution in [0.1, 0.15) is 10.6 Å². The number of fused-ring (bicyclic) bond motifs is 1. The average Bonchev–Trinajstić information content (AvgIpc) is 2.77. The molecule has 0 aliphatic carbocycles. The fourth-order valence-corrected chi connectivity index (χ4v) is 1.78. The van der Waals surface area contributed by atoms with Crippen molar-refractivity contribution in [1.29, 1.82) is 0 Å². The van der Waals surface area contributed by atoms with Gasteiger partial charge in [-0.1, -0.05) is 6.07 Å². The van der Waals surface area contributed by atoms with Crippen LogP contribution in [-0.2, 0) is 0 Å². The summed E-state index contributed by atoms with van der Waals surface area (Å²) in [6.45, 7) is 0. The largest absolute Gasteiger partial charge is 0.323 e. The van der Waals surface area contributed by atoms with Gasteiger partial charge in [-0.3, -0.25) is 4.79 Å². The summed E-state index contributed by atoms with van der Waals surface area (Å²) in [5, 5.41) is 0. The standard InChI is InChI=1S/C12H8N4O2/c17-6-11-13-4-3-8(14-11)7-1-2-9-10(5-7)16-12(18)15-9/h1-6H,(H2,15,16,18). The van der Waals surface area contributed by atoms with Crippen LogP contribution in [0.15, 0.2) is 35.3 Å². The molecule has 0 saturated heterocycles. The number of H-pyrrole nitrogens is 2. The normalized spacial score (nSPS) is 10.7. The Kier molecular flexibility index (Phi) is 2.26. The summed E-state index contributed by atoms with van der Waals surface area (Å²) >= 11 is 0. The number of hydrogen-bond donors (Lipinski definition) is 2. The van der Waals surface area contributed by atoms with E-state index in [1.54, 1.807) is 18.2 Å². The van der Waals surface area contributed by atoms with Crippen molar-refractivity contribution in [2.24, 2.45) is 0 Å². The molecule has 0 atom stereocenters. The molecule has 6 heteroatoms. The van der Waals surface area contributed by atoms with E-state index < -0.39 is 0 Å². The average molecular weight is 240 g/mol. The summed E-state index contributed by atoms with van der Waals surface area (Å²) in [5.41, 5.74) is 2.62. The molecule has 0 unspecified atom stereocenters. The van der Waals surface area contributed by atoms with Crippen molar-refractivity contribution in [3.8, 4) is 11.3 Å². The van der Waals surface area contributed by atoms with Crippen molar-refractivity contribution in [3.05, 3.63) is 46.8 Å². The van der Waals surface area contributed by atoms with E-state index in [-0.39, 0.29) is 11.5 Å². The van der Waals surface area contributed by atoms with Crippen LogP contribution < -0.4 is 5.69 Å². The minimum absolute atomic E-state index is 0.134. The highest BCUT2D eigenvalue weighted by atomic mass is 16.1. The van der Waals surface area contributed by atoms with Crippen LogP contribution in [0, 0.1) is 0 Å². The van der Waals surface area contributed by atoms with Crippen LogP contribution in [0.5, 0.6) is 0 Å². The van der Waals surface area contributed by atoms with Gasteiger partial charge in [0.05, 0.1) is 16.7 Å². The van der Waals surface area contributed by atoms with Gasteiger partial charge in [-0.05, 0) is 18.2 Å². The van der Waals surface area contributed by atoms with E-state index in [4.69, 9.17) is 0 Å². The molecule has 0 aliphatic rings. The Morgan fingerprint density at radius 2 is 1.94 bits per heavy atom. The smallest absolute Gasteiger partial charge is 0.306 e. The molecule has 0 radical (unpaired) electrons. The fourth-order valence-electron chi connectivity index (χ4n) is 1.78. The Bertz CT molecular complexity index is 788. The highest BCUT2D eigenvalue weighted by molar-refractivity contribution is 5.81. The zero-order valence-corrected chi connectivity index (χ0v) is 9.18. The van der Waals surface area contributed by atoms with Gasteiger partial charge in [0.15, 0.2) is 12.1 Å². The van der Waals surface area contributed by atoms with E-state index in [0.717, 1.165) is 11.1 Å². The number of aldehydes is 1. The molecule has 0 aliphatic heterocycles. The Morgan fingerprint density at radius 1 is 1.11 bits per heavy atom. The maximum atomic E-state index is 11.2. The van der Waals surface area contributed by atoms with Crippen LogP contribution in [0.25, 0.3) is 22.3 Å². The van der Waals surface area contributed by atoms with E-state index in [9.17, 15) is 9.59 Å². The molecule has 1 aromatic carbocycles. The molecule has 2 N–H and O–H groups in total. The first-order valence-corrected chi connectivity index (χ1v) is 5.27. The molecule has 3 aromatic rings. The molecule has 6 nitrogen and oxygen atoms in total. The number of benzene rings is 1. The van der Waals surface area contributed by atoms with Crippen molar-refractivity contribution in [2.45, 2.75) is 0 Å². The minimum Gasteiger partial charge on any atom is -0.306 e. The Labute approximate surface area is 101 Å². The van der Waals surface area contributed by atoms with Crippen molar-refractivity contribution in [3.63, 3.8) is 0 Å². The summed E-state index contributed by atoms with van der Waals surface area (Å²) in [7, 11) is 0. The third-order valence-electron chi connectivity index (χ3n) is 2.59. The van der Waals surface area contributed by atoms with Crippen molar-refractivity contribution in [2.75, 3.05) is 0 Å². The van der Waals surface area contributed by atoms with Crippen molar-refractivity contribution in [1.82, 2.24) is 19.9 Å². The van der Waals surface area contributed by atoms with E-state index in [1.807, 2.05) is 6.07 Å². The highest BCUT2D eigenvalue weighted by Crippen LogP contribution is 2.19. The second kappa shape index (κ2) is 3.92. The van der Waals surface area contributed by atoms with Crippen LogP contribution >= 0.6 is 0 Å². The molecule has 0 saturated carbocycles. The predicted molar refractivity (Wildman–Crippen MR) is 65.3 cm³/mol. The Hall–Kier alpha value is -2.76. The van der Waals surface area contributed by atoms with Crippen LogP contribution in [0.2, 0.25) is 0 Å². The lowest BCUT2D eigenvalue weighted by atomic mass is 10.1. The molecule has 2 aromatic heterocycles. The first-order valence-electron chi connectivity index (χ1n) is 5.27. The van der Waals surface area contributed by atoms with Crippen LogP contribution in [0.4, 0.5) is 0 Å². The predicted octanol–water partition coefficient (Wildman–Crippen LogP) is 1.13. The Morgan fingerprint density at radius 3 is 2.78 bits per heavy atom. The number of carbonyl (C=O) groups is 1. The fraction of sp³-hybridized carbons (Fsp3) is 0. The maximum Gasteiger partial charge on any atom is 0.323 e. The van der Waals surface area contributed by atoms with Gasteiger partial charge >= 0.3 is 5.69 Å². The maximum absolute atomic E-state index is 11.2. The topological polar surface area (TPSA) is 91.5 Å². The summed E-state index contributed by atoms with van der Waals surface area (Å²) in [5.74, 6) is 0.134. The lowest BCUT2D eigenvalue weighted by molar-refractivity contribution is 0.111. The third kappa shape index (κ3) is 1.69. The number of nitrogens with zero attached hydrogens (tertiary/aromatic N) is 2. The summed E-state index contributed by atoms with van der Waals surface area (Å²) in [6.07, 6.45) is 2.12. The number of hydrogen-bond acceptors (Lipinski definition) is 4. The number of nitrogens with one attached hydrogen (secondary N) is 2. The number of aromatic nitrogens is 4. The first kappa shape index (κ1) is 10.4. The molecule has 18 heavy (non-hydrogen) atoms. The molecule has 0 fully saturated rings. The van der Waals surface area contributed by atoms with Gasteiger partial charge in [-0.15, -0.1) is 0 Å². The van der Waals surface area contributed by atoms with Gasteiger partial charge in [0.2, 0.25) is 0 Å². The second-order valence-corrected chi connectivity index (χ2v) is 3.76. The minimum atomic E-state index is -0.251. The zero-order chi connectivity index (χ0) is 12.5. The van der Waals surface area contributed by atoms with Gasteiger partial charge in [-0.2, -0.15) is 0 Å². The van der Waals surface area contributed by atoms with Gasteiger partial charge in [-0.25, -0.2) is 14.8 Å². The van der Waals surface area contributed by atoms with Crippen LogP contribution in [0.3, 0.4) is 0 Å². The summed E-state index contributed by atoms with van der Waals surface area (Å²) < 4.78 is 0. The molecule has 0 spiro atoms. The lowest BCUT2D eigenvalue weighted by Gasteiger charge is -2.00. The molecular formula is C12H8N4O2. The molecule has 2 heterocycles. The first-order chi connectivity index (χ1) is 8.76. The van der Waals surface area contributed by atoms with Gasteiger partial charge in [0.25, 0.3) is 0 Å². The van der Waals surface area contributed by atoms with E-state index in [1.165, 1.54) is 6.20 Å². The van der Waals surface area contributed by atoms with Gasteiger partial charge < -0.3 is 9.97 Å². The van der Waals surface area contributed by atoms with Crippen molar-refractivity contribution >= 4 is 17.3 Å². The number of aromatic amines is 2. The van der Waals surface area contributed by atoms with E-state index >= 15 is 0 Å². The van der Waals surface area contributed by atoms with Gasteiger partial charge in [0, 0.05) is 11.8 Å². The third-order valence-corrected chi connectivity index (χ3v) is 2.59. The van der Waals surface area contributed by atoms with Gasteiger partial charge in [0.1, 0.15) is 0 Å². The quantitative estimate of drug-likeness (QED) is 0.657. The monoisotopic (exact) mass is 240 g/mol. The number of imidazole rings is 1. The summed E-state index contributed by atoms with van der Waals surface area (Å²) in [4.78, 5) is 35.0. The molecule has 0 amide bonds. The highest BCUT2D eigenvalue weighted by Gasteiger charge is 2.04. The molecule has 0 bridgehead atoms. The van der Waals surface area contributed by atoms with E-state index in [0.29, 0.717) is 17.5 Å². The molecule has 3 rings (SSSR count). The van der Waals surface area contributed by atoms with Crippen molar-refractivity contribution < 1.29 is 4.79 Å². The van der Waals surface area contributed by atoms with Crippen LogP contribution in [-0.4, -0.2) is 26.2 Å². The summed E-state index contributed by atoms with van der Waals surface area (Å²) in [6, 6.07) is 7.11. The molecule has 88 valence electrons. The second-order valence-electron chi connectivity index (χ2n) is 3.76. The SMILES string of the molecule is O=Cc1nccc(-c2ccc3[nH]c(=O)[nH]c3c2)n1. The zero-order valence-electron chi connectivity index (χ0n) is 9.18. The van der Waals surface area contributed by atoms with E-state index in [2.05, 4.69) is 19.9 Å². The molecular weight excluding hydrogens is 232 g/mol. The lowest BCUT2D eigenvalue weighted by Crippen LogP contribution is -1.99.